The summed E-state index contributed by atoms with van der Waals surface area (Å²) in [6.07, 6.45) is 5.23. The van der Waals surface area contributed by atoms with Crippen molar-refractivity contribution in [2.24, 2.45) is 0 Å². The number of hydrogen-bond donors (Lipinski definition) is 1. The molecule has 0 spiro atoms. The summed E-state index contributed by atoms with van der Waals surface area (Å²) in [4.78, 5) is 2.44. The van der Waals surface area contributed by atoms with Crippen LogP contribution in [0.2, 0.25) is 0 Å². The van der Waals surface area contributed by atoms with Gasteiger partial charge in [-0.05, 0) is 50.9 Å². The molecule has 1 fully saturated rings. The number of rotatable bonds is 4. The van der Waals surface area contributed by atoms with Gasteiger partial charge in [0.05, 0.1) is 29.2 Å². The number of piperidine rings is 1. The first kappa shape index (κ1) is 17.0. The molecule has 1 aliphatic heterocycles. The first-order valence-electron chi connectivity index (χ1n) is 9.08. The number of aromatic nitrogens is 3. The third-order valence-electron chi connectivity index (χ3n) is 5.32. The van der Waals surface area contributed by atoms with Crippen molar-refractivity contribution < 1.29 is 8.91 Å². The number of H-pyrrole nitrogens is 1. The molecule has 6 heteroatoms. The Morgan fingerprint density at radius 1 is 1.23 bits per heavy atom. The minimum absolute atomic E-state index is 0.198. The highest BCUT2D eigenvalue weighted by Gasteiger charge is 2.29. The number of benzene rings is 1. The zero-order valence-corrected chi connectivity index (χ0v) is 15.1. The Kier molecular flexibility index (Phi) is 4.59. The van der Waals surface area contributed by atoms with Crippen LogP contribution in [0.1, 0.15) is 47.8 Å². The lowest BCUT2D eigenvalue weighted by molar-refractivity contribution is 0.137. The molecule has 0 bridgehead atoms. The molecule has 1 aliphatic rings. The van der Waals surface area contributed by atoms with Crippen LogP contribution in [0.3, 0.4) is 0 Å². The quantitative estimate of drug-likeness (QED) is 0.747. The maximum atomic E-state index is 13.2. The van der Waals surface area contributed by atoms with Crippen molar-refractivity contribution in [2.45, 2.75) is 45.7 Å². The normalized spacial score (nSPS) is 18.3. The molecular formula is C20H23FN4O. The fourth-order valence-electron chi connectivity index (χ4n) is 3.73. The van der Waals surface area contributed by atoms with E-state index in [1.807, 2.05) is 32.2 Å². The third kappa shape index (κ3) is 3.17. The molecule has 0 saturated carbocycles. The van der Waals surface area contributed by atoms with Crippen LogP contribution in [0.25, 0.3) is 11.3 Å². The largest absolute Gasteiger partial charge is 0.356 e. The summed E-state index contributed by atoms with van der Waals surface area (Å²) in [5, 5.41) is 11.6. The van der Waals surface area contributed by atoms with Gasteiger partial charge in [0, 0.05) is 12.1 Å². The Bertz CT molecular complexity index is 884. The molecule has 1 N–H and O–H groups in total. The number of aryl methyl sites for hydroxylation is 1. The number of nitrogens with one attached hydrogen (secondary N) is 1. The number of nitrogens with zero attached hydrogens (tertiary/aromatic N) is 3. The molecular weight excluding hydrogens is 331 g/mol. The van der Waals surface area contributed by atoms with E-state index in [4.69, 9.17) is 4.52 Å². The lowest BCUT2D eigenvalue weighted by Gasteiger charge is -2.35. The van der Waals surface area contributed by atoms with Gasteiger partial charge in [-0.25, -0.2) is 4.39 Å². The van der Waals surface area contributed by atoms with Crippen LogP contribution < -0.4 is 0 Å². The van der Waals surface area contributed by atoms with Crippen LogP contribution in [0.15, 0.2) is 35.0 Å². The van der Waals surface area contributed by atoms with E-state index in [9.17, 15) is 4.39 Å². The van der Waals surface area contributed by atoms with Gasteiger partial charge in [0.15, 0.2) is 5.76 Å². The van der Waals surface area contributed by atoms with Crippen molar-refractivity contribution in [2.75, 3.05) is 6.54 Å². The Morgan fingerprint density at radius 2 is 2.04 bits per heavy atom. The van der Waals surface area contributed by atoms with E-state index in [2.05, 4.69) is 20.3 Å². The summed E-state index contributed by atoms with van der Waals surface area (Å²) >= 11 is 0. The van der Waals surface area contributed by atoms with Crippen molar-refractivity contribution in [1.29, 1.82) is 0 Å². The molecule has 4 rings (SSSR count). The summed E-state index contributed by atoms with van der Waals surface area (Å²) in [5.74, 6) is 0.592. The van der Waals surface area contributed by atoms with E-state index in [0.717, 1.165) is 53.3 Å². The SMILES string of the molecule is Cc1noc(-c2cn[nH]c2[C@H]2CCCCN2Cc2ccc(F)cc2)c1C. The summed E-state index contributed by atoms with van der Waals surface area (Å²) in [5.41, 5.74) is 5.13. The van der Waals surface area contributed by atoms with Gasteiger partial charge in [-0.15, -0.1) is 0 Å². The predicted octanol–water partition coefficient (Wildman–Crippen LogP) is 4.55. The molecule has 1 aromatic carbocycles. The van der Waals surface area contributed by atoms with E-state index >= 15 is 0 Å². The zero-order valence-electron chi connectivity index (χ0n) is 15.1. The Morgan fingerprint density at radius 3 is 2.77 bits per heavy atom. The number of hydrogen-bond acceptors (Lipinski definition) is 4. The fourth-order valence-corrected chi connectivity index (χ4v) is 3.73. The molecule has 3 aromatic rings. The van der Waals surface area contributed by atoms with Crippen LogP contribution in [0.5, 0.6) is 0 Å². The lowest BCUT2D eigenvalue weighted by Crippen LogP contribution is -2.33. The van der Waals surface area contributed by atoms with Gasteiger partial charge >= 0.3 is 0 Å². The smallest absolute Gasteiger partial charge is 0.173 e. The van der Waals surface area contributed by atoms with Crippen molar-refractivity contribution in [3.05, 3.63) is 58.8 Å². The average molecular weight is 354 g/mol. The number of likely N-dealkylation sites (tertiary alicyclic amines) is 1. The zero-order chi connectivity index (χ0) is 18.1. The Balaban J connectivity index is 1.64. The van der Waals surface area contributed by atoms with E-state index in [1.54, 1.807) is 0 Å². The minimum atomic E-state index is -0.198. The van der Waals surface area contributed by atoms with Crippen molar-refractivity contribution >= 4 is 0 Å². The Hall–Kier alpha value is -2.47. The third-order valence-corrected chi connectivity index (χ3v) is 5.32. The first-order valence-corrected chi connectivity index (χ1v) is 9.08. The van der Waals surface area contributed by atoms with Crippen LogP contribution in [-0.2, 0) is 6.54 Å². The van der Waals surface area contributed by atoms with Gasteiger partial charge < -0.3 is 4.52 Å². The van der Waals surface area contributed by atoms with E-state index in [-0.39, 0.29) is 11.9 Å². The summed E-state index contributed by atoms with van der Waals surface area (Å²) in [7, 11) is 0. The molecule has 2 aromatic heterocycles. The molecule has 5 nitrogen and oxygen atoms in total. The molecule has 0 radical (unpaired) electrons. The van der Waals surface area contributed by atoms with E-state index in [1.165, 1.54) is 25.0 Å². The van der Waals surface area contributed by atoms with Gasteiger partial charge in [-0.3, -0.25) is 10.00 Å². The highest BCUT2D eigenvalue weighted by molar-refractivity contribution is 5.64. The van der Waals surface area contributed by atoms with Gasteiger partial charge in [0.25, 0.3) is 0 Å². The number of aromatic amines is 1. The number of halogens is 1. The summed E-state index contributed by atoms with van der Waals surface area (Å²) in [6.45, 7) is 5.77. The lowest BCUT2D eigenvalue weighted by atomic mass is 9.95. The summed E-state index contributed by atoms with van der Waals surface area (Å²) < 4.78 is 18.8. The second kappa shape index (κ2) is 7.03. The average Bonchev–Trinajstić information content (AvgIpc) is 3.25. The molecule has 3 heterocycles. The van der Waals surface area contributed by atoms with Crippen LogP contribution in [-0.4, -0.2) is 26.8 Å². The topological polar surface area (TPSA) is 58.0 Å². The second-order valence-corrected chi connectivity index (χ2v) is 7.03. The molecule has 0 amide bonds. The van der Waals surface area contributed by atoms with Crippen LogP contribution >= 0.6 is 0 Å². The molecule has 1 atom stereocenters. The maximum absolute atomic E-state index is 13.2. The summed E-state index contributed by atoms with van der Waals surface area (Å²) in [6, 6.07) is 7.00. The Labute approximate surface area is 152 Å². The highest BCUT2D eigenvalue weighted by Crippen LogP contribution is 2.37. The van der Waals surface area contributed by atoms with Gasteiger partial charge in [-0.2, -0.15) is 5.10 Å². The first-order chi connectivity index (χ1) is 12.6. The van der Waals surface area contributed by atoms with Crippen LogP contribution in [0, 0.1) is 19.7 Å². The predicted molar refractivity (Wildman–Crippen MR) is 97.0 cm³/mol. The van der Waals surface area contributed by atoms with Crippen molar-refractivity contribution in [3.8, 4) is 11.3 Å². The van der Waals surface area contributed by atoms with Gasteiger partial charge in [0.2, 0.25) is 0 Å². The van der Waals surface area contributed by atoms with Crippen molar-refractivity contribution in [1.82, 2.24) is 20.3 Å². The van der Waals surface area contributed by atoms with Gasteiger partial charge in [0.1, 0.15) is 5.82 Å². The fraction of sp³-hybridized carbons (Fsp3) is 0.400. The van der Waals surface area contributed by atoms with Gasteiger partial charge in [-0.1, -0.05) is 23.7 Å². The van der Waals surface area contributed by atoms with E-state index < -0.39 is 0 Å². The molecule has 0 aliphatic carbocycles. The molecule has 136 valence electrons. The standard InChI is InChI=1S/C20H23FN4O/c1-13-14(2)24-26-20(13)17-11-22-23-19(17)18-5-3-4-10-25(18)12-15-6-8-16(21)9-7-15/h6-9,11,18H,3-5,10,12H2,1-2H3,(H,22,23)/t18-/m1/s1. The maximum Gasteiger partial charge on any atom is 0.173 e. The monoisotopic (exact) mass is 354 g/mol. The molecule has 0 unspecified atom stereocenters. The molecule has 1 saturated heterocycles. The molecule has 26 heavy (non-hydrogen) atoms. The highest BCUT2D eigenvalue weighted by atomic mass is 19.1. The van der Waals surface area contributed by atoms with E-state index in [0.29, 0.717) is 0 Å². The minimum Gasteiger partial charge on any atom is -0.356 e. The second-order valence-electron chi connectivity index (χ2n) is 7.03. The van der Waals surface area contributed by atoms with Crippen molar-refractivity contribution in [3.63, 3.8) is 0 Å². The van der Waals surface area contributed by atoms with Crippen LogP contribution in [0.4, 0.5) is 4.39 Å².